The molecule has 0 unspecified atom stereocenters. The molecule has 6 heteroatoms. The van der Waals surface area contributed by atoms with Crippen LogP contribution in [0.25, 0.3) is 11.4 Å². The van der Waals surface area contributed by atoms with Gasteiger partial charge < -0.3 is 10.1 Å². The lowest BCUT2D eigenvalue weighted by Crippen LogP contribution is -2.24. The van der Waals surface area contributed by atoms with Gasteiger partial charge >= 0.3 is 0 Å². The van der Waals surface area contributed by atoms with Crippen LogP contribution >= 0.6 is 0 Å². The lowest BCUT2D eigenvalue weighted by Gasteiger charge is -2.05. The van der Waals surface area contributed by atoms with Gasteiger partial charge in [0.15, 0.2) is 0 Å². The Morgan fingerprint density at radius 3 is 3.00 bits per heavy atom. The first kappa shape index (κ1) is 13.4. The lowest BCUT2D eigenvalue weighted by atomic mass is 10.2. The molecule has 0 aliphatic carbocycles. The number of H-pyrrole nitrogens is 1. The van der Waals surface area contributed by atoms with Crippen molar-refractivity contribution in [3.63, 3.8) is 0 Å². The Balaban J connectivity index is 2.13. The second-order valence-electron chi connectivity index (χ2n) is 3.99. The van der Waals surface area contributed by atoms with E-state index >= 15 is 0 Å². The number of aromatic amines is 1. The van der Waals surface area contributed by atoms with E-state index in [9.17, 15) is 4.79 Å². The van der Waals surface area contributed by atoms with Crippen molar-refractivity contribution in [2.75, 3.05) is 20.3 Å². The van der Waals surface area contributed by atoms with Crippen LogP contribution in [0.15, 0.2) is 35.3 Å². The number of ether oxygens (including phenoxy) is 1. The first-order chi connectivity index (χ1) is 9.31. The summed E-state index contributed by atoms with van der Waals surface area (Å²) in [6, 6.07) is 7.32. The van der Waals surface area contributed by atoms with Crippen LogP contribution in [0.2, 0.25) is 0 Å². The Morgan fingerprint density at radius 1 is 1.37 bits per heavy atom. The molecule has 0 amide bonds. The van der Waals surface area contributed by atoms with Gasteiger partial charge in [0, 0.05) is 32.0 Å². The molecule has 0 aliphatic rings. The highest BCUT2D eigenvalue weighted by Gasteiger charge is 2.05. The fraction of sp³-hybridized carbons (Fsp3) is 0.308. The maximum absolute atomic E-state index is 11.7. The van der Waals surface area contributed by atoms with Gasteiger partial charge in [-0.3, -0.25) is 9.78 Å². The summed E-state index contributed by atoms with van der Waals surface area (Å²) < 4.78 is 4.93. The van der Waals surface area contributed by atoms with Crippen molar-refractivity contribution in [3.8, 4) is 11.4 Å². The van der Waals surface area contributed by atoms with E-state index in [-0.39, 0.29) is 5.56 Å². The molecule has 2 aromatic rings. The summed E-state index contributed by atoms with van der Waals surface area (Å²) in [4.78, 5) is 15.9. The molecule has 0 saturated heterocycles. The van der Waals surface area contributed by atoms with Gasteiger partial charge in [-0.25, -0.2) is 5.10 Å². The van der Waals surface area contributed by atoms with E-state index in [4.69, 9.17) is 4.74 Å². The number of nitrogens with zero attached hydrogens (tertiary/aromatic N) is 2. The number of hydrogen-bond acceptors (Lipinski definition) is 5. The summed E-state index contributed by atoms with van der Waals surface area (Å²) in [5, 5.41) is 9.62. The number of rotatable bonds is 6. The van der Waals surface area contributed by atoms with E-state index in [2.05, 4.69) is 20.5 Å². The molecule has 2 heterocycles. The van der Waals surface area contributed by atoms with Crippen LogP contribution in [0.4, 0.5) is 0 Å². The molecule has 0 atom stereocenters. The minimum atomic E-state index is -0.190. The molecule has 100 valence electrons. The number of hydrogen-bond donors (Lipinski definition) is 2. The van der Waals surface area contributed by atoms with E-state index in [1.165, 1.54) is 0 Å². The van der Waals surface area contributed by atoms with Crippen LogP contribution in [-0.4, -0.2) is 35.4 Å². The zero-order valence-electron chi connectivity index (χ0n) is 10.7. The van der Waals surface area contributed by atoms with Gasteiger partial charge in [0.05, 0.1) is 12.3 Å². The van der Waals surface area contributed by atoms with Gasteiger partial charge in [-0.1, -0.05) is 6.07 Å². The fourth-order valence-electron chi connectivity index (χ4n) is 1.62. The maximum Gasteiger partial charge on any atom is 0.268 e. The summed E-state index contributed by atoms with van der Waals surface area (Å²) in [5.74, 6) is 0. The van der Waals surface area contributed by atoms with Crippen LogP contribution in [0.1, 0.15) is 5.56 Å². The standard InChI is InChI=1S/C13H16N4O2/c1-19-7-6-14-9-10-8-12(16-17-13(10)18)11-4-2-3-5-15-11/h2-5,8,14H,6-7,9H2,1H3,(H,17,18). The number of aromatic nitrogens is 3. The van der Waals surface area contributed by atoms with Gasteiger partial charge in [0.1, 0.15) is 5.69 Å². The van der Waals surface area contributed by atoms with Crippen molar-refractivity contribution >= 4 is 0 Å². The zero-order chi connectivity index (χ0) is 13.5. The molecule has 2 N–H and O–H groups in total. The number of nitrogens with one attached hydrogen (secondary N) is 2. The maximum atomic E-state index is 11.7. The van der Waals surface area contributed by atoms with Crippen molar-refractivity contribution in [2.45, 2.75) is 6.54 Å². The van der Waals surface area contributed by atoms with Gasteiger partial charge in [-0.15, -0.1) is 0 Å². The average molecular weight is 260 g/mol. The molecule has 0 saturated carbocycles. The molecule has 0 bridgehead atoms. The molecule has 0 aromatic carbocycles. The highest BCUT2D eigenvalue weighted by molar-refractivity contribution is 5.53. The van der Waals surface area contributed by atoms with Crippen molar-refractivity contribution in [3.05, 3.63) is 46.4 Å². The van der Waals surface area contributed by atoms with Gasteiger partial charge in [0.2, 0.25) is 0 Å². The molecular formula is C13H16N4O2. The quantitative estimate of drug-likeness (QED) is 0.742. The van der Waals surface area contributed by atoms with E-state index < -0.39 is 0 Å². The van der Waals surface area contributed by atoms with Crippen molar-refractivity contribution < 1.29 is 4.74 Å². The highest BCUT2D eigenvalue weighted by Crippen LogP contribution is 2.11. The highest BCUT2D eigenvalue weighted by atomic mass is 16.5. The molecule has 2 aromatic heterocycles. The zero-order valence-corrected chi connectivity index (χ0v) is 10.7. The lowest BCUT2D eigenvalue weighted by molar-refractivity contribution is 0.199. The SMILES string of the molecule is COCCNCc1cc(-c2ccccn2)n[nH]c1=O. The van der Waals surface area contributed by atoms with Gasteiger partial charge in [-0.2, -0.15) is 5.10 Å². The predicted molar refractivity (Wildman–Crippen MR) is 71.7 cm³/mol. The second kappa shape index (κ2) is 6.77. The van der Waals surface area contributed by atoms with Crippen LogP contribution < -0.4 is 10.9 Å². The van der Waals surface area contributed by atoms with Crippen LogP contribution in [0.5, 0.6) is 0 Å². The summed E-state index contributed by atoms with van der Waals surface area (Å²) in [7, 11) is 1.64. The topological polar surface area (TPSA) is 79.9 Å². The molecule has 19 heavy (non-hydrogen) atoms. The van der Waals surface area contributed by atoms with E-state index in [1.54, 1.807) is 19.4 Å². The molecule has 0 aliphatic heterocycles. The molecular weight excluding hydrogens is 244 g/mol. The van der Waals surface area contributed by atoms with Crippen molar-refractivity contribution in [2.24, 2.45) is 0 Å². The molecule has 0 spiro atoms. The van der Waals surface area contributed by atoms with Gasteiger partial charge in [0.25, 0.3) is 5.56 Å². The Kier molecular flexibility index (Phi) is 4.77. The fourth-order valence-corrected chi connectivity index (χ4v) is 1.62. The molecule has 6 nitrogen and oxygen atoms in total. The predicted octanol–water partition coefficient (Wildman–Crippen LogP) is 0.568. The average Bonchev–Trinajstić information content (AvgIpc) is 2.46. The largest absolute Gasteiger partial charge is 0.383 e. The van der Waals surface area contributed by atoms with Gasteiger partial charge in [-0.05, 0) is 18.2 Å². The minimum Gasteiger partial charge on any atom is -0.383 e. The third-order valence-electron chi connectivity index (χ3n) is 2.61. The van der Waals surface area contributed by atoms with E-state index in [1.807, 2.05) is 18.2 Å². The first-order valence-corrected chi connectivity index (χ1v) is 6.01. The van der Waals surface area contributed by atoms with Crippen LogP contribution in [0, 0.1) is 0 Å². The monoisotopic (exact) mass is 260 g/mol. The summed E-state index contributed by atoms with van der Waals surface area (Å²) in [6.07, 6.45) is 1.69. The molecule has 2 rings (SSSR count). The van der Waals surface area contributed by atoms with E-state index in [0.29, 0.717) is 31.0 Å². The van der Waals surface area contributed by atoms with Crippen LogP contribution in [-0.2, 0) is 11.3 Å². The van der Waals surface area contributed by atoms with E-state index in [0.717, 1.165) is 5.69 Å². The smallest absolute Gasteiger partial charge is 0.268 e. The second-order valence-corrected chi connectivity index (χ2v) is 3.99. The third-order valence-corrected chi connectivity index (χ3v) is 2.61. The van der Waals surface area contributed by atoms with Crippen molar-refractivity contribution in [1.29, 1.82) is 0 Å². The summed E-state index contributed by atoms with van der Waals surface area (Å²) in [6.45, 7) is 1.77. The van der Waals surface area contributed by atoms with Crippen molar-refractivity contribution in [1.82, 2.24) is 20.5 Å². The Morgan fingerprint density at radius 2 is 2.26 bits per heavy atom. The first-order valence-electron chi connectivity index (χ1n) is 6.01. The third kappa shape index (κ3) is 3.70. The summed E-state index contributed by atoms with van der Waals surface area (Å²) >= 11 is 0. The number of methoxy groups -OCH3 is 1. The number of pyridine rings is 1. The molecule has 0 radical (unpaired) electrons. The normalized spacial score (nSPS) is 10.6. The summed E-state index contributed by atoms with van der Waals surface area (Å²) in [5.41, 5.74) is 1.83. The Hall–Kier alpha value is -2.05. The molecule has 0 fully saturated rings. The van der Waals surface area contributed by atoms with Crippen LogP contribution in [0.3, 0.4) is 0 Å². The minimum absolute atomic E-state index is 0.190. The Labute approximate surface area is 110 Å². The Bertz CT molecular complexity index is 568.